The summed E-state index contributed by atoms with van der Waals surface area (Å²) in [5, 5.41) is 2.97. The molecule has 1 aromatic carbocycles. The van der Waals surface area contributed by atoms with Crippen molar-refractivity contribution in [1.82, 2.24) is 4.31 Å². The number of thioether (sulfide) groups is 1. The first-order valence-electron chi connectivity index (χ1n) is 7.72. The van der Waals surface area contributed by atoms with E-state index in [2.05, 4.69) is 17.2 Å². The average Bonchev–Trinajstić information content (AvgIpc) is 2.56. The van der Waals surface area contributed by atoms with Gasteiger partial charge >= 0.3 is 0 Å². The minimum Gasteiger partial charge on any atom is -0.370 e. The molecule has 1 aliphatic rings. The standard InChI is InChI=1S/C15H24N4O2S2.HI/c1-2-13-3-5-14(6-4-13)18-15(16)17-7-12-23(20,21)19-8-10-22-11-9-19;/h3-6H,2,7-12H2,1H3,(H3,16,17,18);1H. The summed E-state index contributed by atoms with van der Waals surface area (Å²) >= 11 is 1.78. The molecule has 9 heteroatoms. The van der Waals surface area contributed by atoms with E-state index >= 15 is 0 Å². The van der Waals surface area contributed by atoms with Crippen molar-refractivity contribution in [3.63, 3.8) is 0 Å². The molecule has 136 valence electrons. The summed E-state index contributed by atoms with van der Waals surface area (Å²) in [6.45, 7) is 3.44. The minimum atomic E-state index is -3.23. The van der Waals surface area contributed by atoms with E-state index in [9.17, 15) is 8.42 Å². The Morgan fingerprint density at radius 2 is 1.92 bits per heavy atom. The van der Waals surface area contributed by atoms with Crippen molar-refractivity contribution in [2.45, 2.75) is 13.3 Å². The molecule has 1 fully saturated rings. The summed E-state index contributed by atoms with van der Waals surface area (Å²) in [5.41, 5.74) is 7.90. The van der Waals surface area contributed by atoms with E-state index in [1.807, 2.05) is 24.3 Å². The lowest BCUT2D eigenvalue weighted by Gasteiger charge is -2.25. The van der Waals surface area contributed by atoms with Crippen molar-refractivity contribution in [2.24, 2.45) is 10.7 Å². The maximum Gasteiger partial charge on any atom is 0.215 e. The Hall–Kier alpha value is -0.520. The number of aliphatic imine (C=N–C) groups is 1. The fourth-order valence-electron chi connectivity index (χ4n) is 2.25. The molecule has 0 aliphatic carbocycles. The van der Waals surface area contributed by atoms with Crippen LogP contribution in [0.4, 0.5) is 5.69 Å². The molecule has 3 N–H and O–H groups in total. The van der Waals surface area contributed by atoms with Crippen LogP contribution < -0.4 is 11.1 Å². The van der Waals surface area contributed by atoms with Crippen LogP contribution in [0.1, 0.15) is 12.5 Å². The highest BCUT2D eigenvalue weighted by atomic mass is 127. The molecule has 1 heterocycles. The second-order valence-electron chi connectivity index (χ2n) is 5.27. The molecule has 0 spiro atoms. The molecule has 0 atom stereocenters. The fraction of sp³-hybridized carbons (Fsp3) is 0.533. The van der Waals surface area contributed by atoms with E-state index in [-0.39, 0.29) is 42.2 Å². The molecule has 2 rings (SSSR count). The molecule has 0 unspecified atom stereocenters. The molecule has 6 nitrogen and oxygen atoms in total. The van der Waals surface area contributed by atoms with E-state index in [0.717, 1.165) is 23.6 Å². The van der Waals surface area contributed by atoms with Crippen molar-refractivity contribution in [3.8, 4) is 0 Å². The van der Waals surface area contributed by atoms with E-state index in [0.29, 0.717) is 13.1 Å². The van der Waals surface area contributed by atoms with Crippen molar-refractivity contribution in [3.05, 3.63) is 29.8 Å². The van der Waals surface area contributed by atoms with Crippen molar-refractivity contribution >= 4 is 57.4 Å². The number of hydrogen-bond acceptors (Lipinski definition) is 4. The zero-order valence-electron chi connectivity index (χ0n) is 13.8. The summed E-state index contributed by atoms with van der Waals surface area (Å²) in [4.78, 5) is 4.11. The fourth-order valence-corrected chi connectivity index (χ4v) is 4.70. The number of anilines is 1. The van der Waals surface area contributed by atoms with Gasteiger partial charge in [-0.25, -0.2) is 12.7 Å². The van der Waals surface area contributed by atoms with Gasteiger partial charge in [-0.15, -0.1) is 24.0 Å². The van der Waals surface area contributed by atoms with Crippen LogP contribution in [0.25, 0.3) is 0 Å². The van der Waals surface area contributed by atoms with Crippen LogP contribution in [0.15, 0.2) is 29.3 Å². The zero-order valence-corrected chi connectivity index (χ0v) is 17.7. The molecule has 0 amide bonds. The number of sulfonamides is 1. The Morgan fingerprint density at radius 1 is 1.29 bits per heavy atom. The number of nitrogens with two attached hydrogens (primary N) is 1. The number of benzene rings is 1. The van der Waals surface area contributed by atoms with Gasteiger partial charge in [0.2, 0.25) is 10.0 Å². The molecule has 24 heavy (non-hydrogen) atoms. The average molecular weight is 484 g/mol. The molecule has 1 aromatic rings. The van der Waals surface area contributed by atoms with Crippen molar-refractivity contribution in [2.75, 3.05) is 42.2 Å². The van der Waals surface area contributed by atoms with Crippen LogP contribution in [0.3, 0.4) is 0 Å². The number of guanidine groups is 1. The van der Waals surface area contributed by atoms with Gasteiger partial charge in [-0.05, 0) is 24.1 Å². The second-order valence-corrected chi connectivity index (χ2v) is 8.58. The number of halogens is 1. The van der Waals surface area contributed by atoms with Crippen molar-refractivity contribution in [1.29, 1.82) is 0 Å². The summed E-state index contributed by atoms with van der Waals surface area (Å²) in [5.74, 6) is 1.95. The molecular formula is C15H25IN4O2S2. The van der Waals surface area contributed by atoms with Gasteiger partial charge in [0, 0.05) is 30.3 Å². The lowest BCUT2D eigenvalue weighted by molar-refractivity contribution is 0.444. The first-order chi connectivity index (χ1) is 11.0. The first kappa shape index (κ1) is 21.5. The Morgan fingerprint density at radius 3 is 2.50 bits per heavy atom. The molecule has 1 aliphatic heterocycles. The van der Waals surface area contributed by atoms with Gasteiger partial charge in [-0.2, -0.15) is 11.8 Å². The van der Waals surface area contributed by atoms with Crippen LogP contribution >= 0.6 is 35.7 Å². The van der Waals surface area contributed by atoms with Crippen LogP contribution in [-0.4, -0.2) is 55.6 Å². The molecule has 0 radical (unpaired) electrons. The van der Waals surface area contributed by atoms with Crippen molar-refractivity contribution < 1.29 is 8.42 Å². The van der Waals surface area contributed by atoms with Gasteiger partial charge < -0.3 is 11.1 Å². The Balaban J connectivity index is 0.00000288. The SMILES string of the molecule is CCc1ccc(NC(N)=NCCS(=O)(=O)N2CCSCC2)cc1.I. The highest BCUT2D eigenvalue weighted by Crippen LogP contribution is 2.13. The lowest BCUT2D eigenvalue weighted by atomic mass is 10.1. The van der Waals surface area contributed by atoms with E-state index < -0.39 is 10.0 Å². The maximum atomic E-state index is 12.2. The smallest absolute Gasteiger partial charge is 0.215 e. The van der Waals surface area contributed by atoms with Gasteiger partial charge in [-0.3, -0.25) is 4.99 Å². The molecular weight excluding hydrogens is 459 g/mol. The topological polar surface area (TPSA) is 87.8 Å². The summed E-state index contributed by atoms with van der Waals surface area (Å²) < 4.78 is 25.9. The summed E-state index contributed by atoms with van der Waals surface area (Å²) in [6, 6.07) is 7.91. The molecule has 1 saturated heterocycles. The van der Waals surface area contributed by atoms with Crippen LogP contribution in [0.5, 0.6) is 0 Å². The van der Waals surface area contributed by atoms with E-state index in [4.69, 9.17) is 5.73 Å². The number of nitrogens with zero attached hydrogens (tertiary/aromatic N) is 2. The predicted octanol–water partition coefficient (Wildman–Crippen LogP) is 1.97. The number of rotatable bonds is 6. The zero-order chi connectivity index (χ0) is 16.7. The molecule has 0 bridgehead atoms. The third-order valence-corrected chi connectivity index (χ3v) is 6.42. The number of hydrogen-bond donors (Lipinski definition) is 2. The lowest BCUT2D eigenvalue weighted by Crippen LogP contribution is -2.40. The van der Waals surface area contributed by atoms with E-state index in [1.54, 1.807) is 16.1 Å². The second kappa shape index (κ2) is 10.5. The quantitative estimate of drug-likeness (QED) is 0.366. The highest BCUT2D eigenvalue weighted by Gasteiger charge is 2.23. The summed E-state index contributed by atoms with van der Waals surface area (Å²) in [7, 11) is -3.23. The first-order valence-corrected chi connectivity index (χ1v) is 10.5. The Kier molecular flexibility index (Phi) is 9.39. The molecule has 0 saturated carbocycles. The third kappa shape index (κ3) is 6.77. The van der Waals surface area contributed by atoms with Gasteiger partial charge in [0.25, 0.3) is 0 Å². The highest BCUT2D eigenvalue weighted by molar-refractivity contribution is 14.0. The van der Waals surface area contributed by atoms with Crippen LogP contribution in [-0.2, 0) is 16.4 Å². The maximum absolute atomic E-state index is 12.2. The minimum absolute atomic E-state index is 0. The van der Waals surface area contributed by atoms with Crippen LogP contribution in [0.2, 0.25) is 0 Å². The van der Waals surface area contributed by atoms with Crippen LogP contribution in [0, 0.1) is 0 Å². The third-order valence-electron chi connectivity index (χ3n) is 3.63. The monoisotopic (exact) mass is 484 g/mol. The van der Waals surface area contributed by atoms with Gasteiger partial charge in [0.15, 0.2) is 5.96 Å². The van der Waals surface area contributed by atoms with Gasteiger partial charge in [0.05, 0.1) is 12.3 Å². The largest absolute Gasteiger partial charge is 0.370 e. The molecule has 0 aromatic heterocycles. The summed E-state index contributed by atoms with van der Waals surface area (Å²) in [6.07, 6.45) is 0.983. The van der Waals surface area contributed by atoms with E-state index in [1.165, 1.54) is 5.56 Å². The number of aryl methyl sites for hydroxylation is 1. The predicted molar refractivity (Wildman–Crippen MR) is 114 cm³/mol. The van der Waals surface area contributed by atoms with Gasteiger partial charge in [0.1, 0.15) is 0 Å². The number of nitrogens with one attached hydrogen (secondary N) is 1. The Labute approximate surface area is 165 Å². The normalized spacial score (nSPS) is 16.5. The van der Waals surface area contributed by atoms with Gasteiger partial charge in [-0.1, -0.05) is 19.1 Å². The Bertz CT molecular complexity index is 629.